The van der Waals surface area contributed by atoms with E-state index in [0.29, 0.717) is 0 Å². The van der Waals surface area contributed by atoms with Crippen LogP contribution in [-0.4, -0.2) is 12.6 Å². The number of nitrogens with zero attached hydrogens (tertiary/aromatic N) is 1. The molecular formula is C12H12F2N2O2. The van der Waals surface area contributed by atoms with E-state index in [-0.39, 0.29) is 29.8 Å². The summed E-state index contributed by atoms with van der Waals surface area (Å²) in [5, 5.41) is 8.89. The zero-order chi connectivity index (χ0) is 13.7. The third-order valence-electron chi connectivity index (χ3n) is 2.36. The van der Waals surface area contributed by atoms with Gasteiger partial charge in [0, 0.05) is 12.1 Å². The molecule has 0 saturated carbocycles. The molecule has 0 aliphatic rings. The summed E-state index contributed by atoms with van der Waals surface area (Å²) in [6.45, 7) is 1.54. The number of hydrogen-bond acceptors (Lipinski definition) is 4. The summed E-state index contributed by atoms with van der Waals surface area (Å²) in [7, 11) is 0. The van der Waals surface area contributed by atoms with Crippen molar-refractivity contribution in [2.45, 2.75) is 19.9 Å². The minimum Gasteiger partial charge on any atom is -0.462 e. The van der Waals surface area contributed by atoms with Crippen LogP contribution in [0.1, 0.15) is 40.4 Å². The predicted molar refractivity (Wildman–Crippen MR) is 60.0 cm³/mol. The lowest BCUT2D eigenvalue weighted by molar-refractivity contribution is 0.0526. The third-order valence-corrected chi connectivity index (χ3v) is 2.36. The normalized spacial score (nSPS) is 10.2. The summed E-state index contributed by atoms with van der Waals surface area (Å²) in [6.07, 6.45) is -2.80. The van der Waals surface area contributed by atoms with Crippen LogP contribution in [0.4, 0.5) is 8.78 Å². The summed E-state index contributed by atoms with van der Waals surface area (Å²) < 4.78 is 30.4. The lowest BCUT2D eigenvalue weighted by Gasteiger charge is -2.11. The standard InChI is InChI=1S/C12H12F2N2O2/c1-2-18-12(17)7-3-8(5-15)10(6-16)9(4-7)11(13)14/h3-4,11H,2,6,16H2,1H3. The van der Waals surface area contributed by atoms with Crippen molar-refractivity contribution >= 4 is 5.97 Å². The number of alkyl halides is 2. The van der Waals surface area contributed by atoms with Crippen molar-refractivity contribution in [2.75, 3.05) is 6.61 Å². The average Bonchev–Trinajstić information content (AvgIpc) is 2.37. The fourth-order valence-electron chi connectivity index (χ4n) is 1.55. The minimum atomic E-state index is -2.80. The molecule has 0 amide bonds. The van der Waals surface area contributed by atoms with E-state index in [1.54, 1.807) is 13.0 Å². The first kappa shape index (κ1) is 14.1. The molecule has 0 aliphatic heterocycles. The monoisotopic (exact) mass is 254 g/mol. The second-order valence-electron chi connectivity index (χ2n) is 3.43. The van der Waals surface area contributed by atoms with Gasteiger partial charge in [0.15, 0.2) is 0 Å². The van der Waals surface area contributed by atoms with E-state index in [0.717, 1.165) is 6.07 Å². The maximum atomic E-state index is 12.8. The SMILES string of the molecule is CCOC(=O)c1cc(C#N)c(CN)c(C(F)F)c1. The van der Waals surface area contributed by atoms with Crippen molar-refractivity contribution in [1.82, 2.24) is 0 Å². The van der Waals surface area contributed by atoms with Crippen LogP contribution in [0.5, 0.6) is 0 Å². The molecule has 0 saturated heterocycles. The number of ether oxygens (including phenoxy) is 1. The number of halogens is 2. The zero-order valence-electron chi connectivity index (χ0n) is 9.74. The minimum absolute atomic E-state index is 0.0293. The second kappa shape index (κ2) is 6.07. The van der Waals surface area contributed by atoms with Crippen molar-refractivity contribution in [1.29, 1.82) is 5.26 Å². The van der Waals surface area contributed by atoms with Crippen LogP contribution in [0, 0.1) is 11.3 Å². The molecule has 0 spiro atoms. The number of nitrogens with two attached hydrogens (primary N) is 1. The molecule has 1 rings (SSSR count). The Kier molecular flexibility index (Phi) is 4.75. The number of carbonyl (C=O) groups is 1. The van der Waals surface area contributed by atoms with Gasteiger partial charge in [-0.2, -0.15) is 5.26 Å². The summed E-state index contributed by atoms with van der Waals surface area (Å²) in [6, 6.07) is 3.99. The van der Waals surface area contributed by atoms with Gasteiger partial charge in [-0.25, -0.2) is 13.6 Å². The van der Waals surface area contributed by atoms with E-state index in [9.17, 15) is 13.6 Å². The third kappa shape index (κ3) is 2.81. The van der Waals surface area contributed by atoms with E-state index in [2.05, 4.69) is 0 Å². The van der Waals surface area contributed by atoms with Crippen LogP contribution < -0.4 is 5.73 Å². The number of hydrogen-bond donors (Lipinski definition) is 1. The average molecular weight is 254 g/mol. The van der Waals surface area contributed by atoms with Crippen LogP contribution in [0.2, 0.25) is 0 Å². The Morgan fingerprint density at radius 1 is 1.56 bits per heavy atom. The molecule has 0 atom stereocenters. The molecule has 2 N–H and O–H groups in total. The van der Waals surface area contributed by atoms with Gasteiger partial charge in [0.25, 0.3) is 6.43 Å². The van der Waals surface area contributed by atoms with E-state index in [1.807, 2.05) is 0 Å². The quantitative estimate of drug-likeness (QED) is 0.835. The molecule has 0 fully saturated rings. The van der Waals surface area contributed by atoms with Crippen LogP contribution in [0.15, 0.2) is 12.1 Å². The maximum Gasteiger partial charge on any atom is 0.338 e. The Labute approximate surface area is 103 Å². The zero-order valence-corrected chi connectivity index (χ0v) is 9.74. The Morgan fingerprint density at radius 2 is 2.22 bits per heavy atom. The summed E-state index contributed by atoms with van der Waals surface area (Å²) in [5.41, 5.74) is 4.90. The van der Waals surface area contributed by atoms with Gasteiger partial charge in [0.2, 0.25) is 0 Å². The molecule has 0 aliphatic carbocycles. The van der Waals surface area contributed by atoms with Crippen molar-refractivity contribution < 1.29 is 18.3 Å². The highest BCUT2D eigenvalue weighted by Crippen LogP contribution is 2.27. The molecule has 18 heavy (non-hydrogen) atoms. The van der Waals surface area contributed by atoms with Crippen LogP contribution in [0.25, 0.3) is 0 Å². The van der Waals surface area contributed by atoms with Gasteiger partial charge < -0.3 is 10.5 Å². The maximum absolute atomic E-state index is 12.8. The Bertz CT molecular complexity index is 496. The van der Waals surface area contributed by atoms with Crippen molar-refractivity contribution in [2.24, 2.45) is 5.73 Å². The van der Waals surface area contributed by atoms with Gasteiger partial charge in [-0.3, -0.25) is 0 Å². The molecule has 1 aromatic carbocycles. The first-order chi connectivity index (χ1) is 8.54. The van der Waals surface area contributed by atoms with E-state index in [1.165, 1.54) is 6.07 Å². The molecule has 0 bridgehead atoms. The van der Waals surface area contributed by atoms with Gasteiger partial charge in [0.05, 0.1) is 23.8 Å². The van der Waals surface area contributed by atoms with Gasteiger partial charge in [-0.15, -0.1) is 0 Å². The van der Waals surface area contributed by atoms with E-state index in [4.69, 9.17) is 15.7 Å². The van der Waals surface area contributed by atoms with Gasteiger partial charge in [-0.1, -0.05) is 0 Å². The molecular weight excluding hydrogens is 242 g/mol. The van der Waals surface area contributed by atoms with E-state index < -0.39 is 18.0 Å². The largest absolute Gasteiger partial charge is 0.462 e. The molecule has 4 nitrogen and oxygen atoms in total. The molecule has 0 heterocycles. The van der Waals surface area contributed by atoms with Crippen molar-refractivity contribution in [3.05, 3.63) is 34.4 Å². The molecule has 0 aromatic heterocycles. The first-order valence-corrected chi connectivity index (χ1v) is 5.27. The highest BCUT2D eigenvalue weighted by molar-refractivity contribution is 5.90. The summed E-state index contributed by atoms with van der Waals surface area (Å²) in [4.78, 5) is 11.5. The molecule has 6 heteroatoms. The van der Waals surface area contributed by atoms with Crippen LogP contribution in [-0.2, 0) is 11.3 Å². The molecule has 0 radical (unpaired) electrons. The summed E-state index contributed by atoms with van der Waals surface area (Å²) in [5.74, 6) is -0.737. The van der Waals surface area contributed by atoms with Crippen LogP contribution >= 0.6 is 0 Å². The molecule has 96 valence electrons. The van der Waals surface area contributed by atoms with Crippen molar-refractivity contribution in [3.63, 3.8) is 0 Å². The second-order valence-corrected chi connectivity index (χ2v) is 3.43. The highest BCUT2D eigenvalue weighted by atomic mass is 19.3. The van der Waals surface area contributed by atoms with E-state index >= 15 is 0 Å². The number of rotatable bonds is 4. The highest BCUT2D eigenvalue weighted by Gasteiger charge is 2.20. The van der Waals surface area contributed by atoms with Gasteiger partial charge in [0.1, 0.15) is 0 Å². The Balaban J connectivity index is 3.37. The number of esters is 1. The lowest BCUT2D eigenvalue weighted by atomic mass is 9.98. The predicted octanol–water partition coefficient (Wildman–Crippen LogP) is 2.13. The van der Waals surface area contributed by atoms with Gasteiger partial charge in [-0.05, 0) is 24.6 Å². The smallest absolute Gasteiger partial charge is 0.338 e. The van der Waals surface area contributed by atoms with Crippen molar-refractivity contribution in [3.8, 4) is 6.07 Å². The van der Waals surface area contributed by atoms with Gasteiger partial charge >= 0.3 is 5.97 Å². The van der Waals surface area contributed by atoms with Crippen LogP contribution in [0.3, 0.4) is 0 Å². The molecule has 0 unspecified atom stereocenters. The Morgan fingerprint density at radius 3 is 2.67 bits per heavy atom. The molecule has 1 aromatic rings. The first-order valence-electron chi connectivity index (χ1n) is 5.27. The number of carbonyl (C=O) groups excluding carboxylic acids is 1. The Hall–Kier alpha value is -2.00. The lowest BCUT2D eigenvalue weighted by Crippen LogP contribution is -2.10. The number of nitriles is 1. The topological polar surface area (TPSA) is 76.1 Å². The fourth-order valence-corrected chi connectivity index (χ4v) is 1.55. The number of benzene rings is 1. The summed E-state index contributed by atoms with van der Waals surface area (Å²) >= 11 is 0. The fraction of sp³-hybridized carbons (Fsp3) is 0.333.